The highest BCUT2D eigenvalue weighted by Crippen LogP contribution is 2.21. The first-order chi connectivity index (χ1) is 9.74. The van der Waals surface area contributed by atoms with Crippen LogP contribution in [0.4, 0.5) is 0 Å². The van der Waals surface area contributed by atoms with E-state index in [4.69, 9.17) is 10.5 Å². The molecule has 1 unspecified atom stereocenters. The summed E-state index contributed by atoms with van der Waals surface area (Å²) in [6, 6.07) is 14.4. The SMILES string of the molecule is COc1ccc(C(CN)N(C)Cc2ccccc2)cn1. The number of aromatic nitrogens is 1. The van der Waals surface area contributed by atoms with Gasteiger partial charge < -0.3 is 10.5 Å². The first-order valence-corrected chi connectivity index (χ1v) is 6.68. The largest absolute Gasteiger partial charge is 0.481 e. The van der Waals surface area contributed by atoms with Gasteiger partial charge in [-0.25, -0.2) is 4.98 Å². The van der Waals surface area contributed by atoms with Crippen molar-refractivity contribution >= 4 is 0 Å². The number of benzene rings is 1. The molecule has 1 heterocycles. The van der Waals surface area contributed by atoms with E-state index in [1.165, 1.54) is 5.56 Å². The van der Waals surface area contributed by atoms with Gasteiger partial charge in [0.05, 0.1) is 7.11 Å². The molecule has 1 atom stereocenters. The average molecular weight is 271 g/mol. The Morgan fingerprint density at radius 2 is 1.95 bits per heavy atom. The Balaban J connectivity index is 2.10. The molecule has 0 amide bonds. The van der Waals surface area contributed by atoms with Crippen molar-refractivity contribution in [2.45, 2.75) is 12.6 Å². The summed E-state index contributed by atoms with van der Waals surface area (Å²) in [7, 11) is 3.69. The van der Waals surface area contributed by atoms with Gasteiger partial charge in [-0.15, -0.1) is 0 Å². The Labute approximate surface area is 120 Å². The van der Waals surface area contributed by atoms with Crippen molar-refractivity contribution in [3.8, 4) is 5.88 Å². The van der Waals surface area contributed by atoms with E-state index < -0.39 is 0 Å². The van der Waals surface area contributed by atoms with Crippen LogP contribution in [0.1, 0.15) is 17.2 Å². The van der Waals surface area contributed by atoms with Gasteiger partial charge in [0, 0.05) is 31.4 Å². The molecule has 106 valence electrons. The molecule has 0 radical (unpaired) electrons. The van der Waals surface area contributed by atoms with Crippen LogP contribution in [0.25, 0.3) is 0 Å². The number of hydrogen-bond donors (Lipinski definition) is 1. The fourth-order valence-corrected chi connectivity index (χ4v) is 2.26. The molecule has 4 heteroatoms. The Morgan fingerprint density at radius 1 is 1.20 bits per heavy atom. The maximum atomic E-state index is 5.93. The molecule has 0 bridgehead atoms. The lowest BCUT2D eigenvalue weighted by molar-refractivity contribution is 0.241. The summed E-state index contributed by atoms with van der Waals surface area (Å²) in [6.45, 7) is 1.41. The van der Waals surface area contributed by atoms with Gasteiger partial charge in [-0.3, -0.25) is 4.90 Å². The monoisotopic (exact) mass is 271 g/mol. The van der Waals surface area contributed by atoms with Crippen LogP contribution in [0.2, 0.25) is 0 Å². The molecule has 0 aliphatic rings. The molecule has 20 heavy (non-hydrogen) atoms. The number of nitrogens with two attached hydrogens (primary N) is 1. The van der Waals surface area contributed by atoms with Gasteiger partial charge in [-0.2, -0.15) is 0 Å². The van der Waals surface area contributed by atoms with Crippen molar-refractivity contribution in [2.24, 2.45) is 5.73 Å². The summed E-state index contributed by atoms with van der Waals surface area (Å²) in [5.41, 5.74) is 8.31. The fraction of sp³-hybridized carbons (Fsp3) is 0.312. The van der Waals surface area contributed by atoms with Crippen LogP contribution in [-0.2, 0) is 6.54 Å². The van der Waals surface area contributed by atoms with E-state index in [9.17, 15) is 0 Å². The molecule has 0 aliphatic heterocycles. The minimum Gasteiger partial charge on any atom is -0.481 e. The van der Waals surface area contributed by atoms with E-state index in [0.717, 1.165) is 12.1 Å². The second kappa shape index (κ2) is 7.03. The number of rotatable bonds is 6. The lowest BCUT2D eigenvalue weighted by Gasteiger charge is -2.27. The van der Waals surface area contributed by atoms with Crippen molar-refractivity contribution in [2.75, 3.05) is 20.7 Å². The Hall–Kier alpha value is -1.91. The fourth-order valence-electron chi connectivity index (χ4n) is 2.26. The van der Waals surface area contributed by atoms with E-state index in [0.29, 0.717) is 12.4 Å². The summed E-state index contributed by atoms with van der Waals surface area (Å²) in [5.74, 6) is 0.621. The van der Waals surface area contributed by atoms with Crippen molar-refractivity contribution < 1.29 is 4.74 Å². The number of nitrogens with zero attached hydrogens (tertiary/aromatic N) is 2. The first-order valence-electron chi connectivity index (χ1n) is 6.68. The highest BCUT2D eigenvalue weighted by molar-refractivity contribution is 5.22. The van der Waals surface area contributed by atoms with Crippen molar-refractivity contribution in [1.29, 1.82) is 0 Å². The lowest BCUT2D eigenvalue weighted by atomic mass is 10.1. The van der Waals surface area contributed by atoms with Crippen LogP contribution in [0, 0.1) is 0 Å². The van der Waals surface area contributed by atoms with Gasteiger partial charge in [0.25, 0.3) is 0 Å². The van der Waals surface area contributed by atoms with Gasteiger partial charge in [-0.1, -0.05) is 36.4 Å². The predicted molar refractivity (Wildman–Crippen MR) is 80.5 cm³/mol. The minimum atomic E-state index is 0.147. The highest BCUT2D eigenvalue weighted by atomic mass is 16.5. The second-order valence-corrected chi connectivity index (χ2v) is 4.79. The Morgan fingerprint density at radius 3 is 2.50 bits per heavy atom. The third kappa shape index (κ3) is 3.56. The third-order valence-electron chi connectivity index (χ3n) is 3.38. The normalized spacial score (nSPS) is 12.4. The summed E-state index contributed by atoms with van der Waals surface area (Å²) < 4.78 is 5.08. The first kappa shape index (κ1) is 14.5. The smallest absolute Gasteiger partial charge is 0.212 e. The van der Waals surface area contributed by atoms with Gasteiger partial charge in [0.1, 0.15) is 0 Å². The maximum Gasteiger partial charge on any atom is 0.212 e. The number of ether oxygens (including phenoxy) is 1. The number of likely N-dealkylation sites (N-methyl/N-ethyl adjacent to an activating group) is 1. The van der Waals surface area contributed by atoms with Crippen LogP contribution in [0.3, 0.4) is 0 Å². The summed E-state index contributed by atoms with van der Waals surface area (Å²) >= 11 is 0. The summed E-state index contributed by atoms with van der Waals surface area (Å²) in [5, 5.41) is 0. The number of pyridine rings is 1. The quantitative estimate of drug-likeness (QED) is 0.875. The maximum absolute atomic E-state index is 5.93. The van der Waals surface area contributed by atoms with E-state index in [1.54, 1.807) is 7.11 Å². The third-order valence-corrected chi connectivity index (χ3v) is 3.38. The molecule has 2 rings (SSSR count). The van der Waals surface area contributed by atoms with Crippen LogP contribution in [0.5, 0.6) is 5.88 Å². The molecule has 1 aromatic heterocycles. The van der Waals surface area contributed by atoms with E-state index in [1.807, 2.05) is 24.4 Å². The zero-order valence-electron chi connectivity index (χ0n) is 12.0. The predicted octanol–water partition coefficient (Wildman–Crippen LogP) is 2.22. The second-order valence-electron chi connectivity index (χ2n) is 4.79. The molecule has 2 N–H and O–H groups in total. The van der Waals surface area contributed by atoms with E-state index >= 15 is 0 Å². The van der Waals surface area contributed by atoms with Crippen LogP contribution in [-0.4, -0.2) is 30.6 Å². The number of hydrogen-bond acceptors (Lipinski definition) is 4. The summed E-state index contributed by atoms with van der Waals surface area (Å²) in [4.78, 5) is 6.49. The molecular weight excluding hydrogens is 250 g/mol. The molecule has 0 saturated carbocycles. The molecule has 4 nitrogen and oxygen atoms in total. The van der Waals surface area contributed by atoms with Gasteiger partial charge in [0.2, 0.25) is 5.88 Å². The van der Waals surface area contributed by atoms with Crippen molar-refractivity contribution in [3.05, 3.63) is 59.8 Å². The van der Waals surface area contributed by atoms with Crippen LogP contribution >= 0.6 is 0 Å². The van der Waals surface area contributed by atoms with E-state index in [2.05, 4.69) is 41.2 Å². The molecule has 0 fully saturated rings. The molecule has 0 saturated heterocycles. The van der Waals surface area contributed by atoms with Gasteiger partial charge >= 0.3 is 0 Å². The zero-order valence-corrected chi connectivity index (χ0v) is 12.0. The molecule has 0 spiro atoms. The standard InChI is InChI=1S/C16H21N3O/c1-19(12-13-6-4-3-5-7-13)15(10-17)14-8-9-16(20-2)18-11-14/h3-9,11,15H,10,12,17H2,1-2H3. The topological polar surface area (TPSA) is 51.4 Å². The molecule has 2 aromatic rings. The average Bonchev–Trinajstić information content (AvgIpc) is 2.49. The van der Waals surface area contributed by atoms with Gasteiger partial charge in [-0.05, 0) is 18.2 Å². The van der Waals surface area contributed by atoms with Crippen molar-refractivity contribution in [3.63, 3.8) is 0 Å². The zero-order chi connectivity index (χ0) is 14.4. The Kier molecular flexibility index (Phi) is 5.09. The minimum absolute atomic E-state index is 0.147. The van der Waals surface area contributed by atoms with Crippen molar-refractivity contribution in [1.82, 2.24) is 9.88 Å². The molecule has 0 aliphatic carbocycles. The van der Waals surface area contributed by atoms with Crippen LogP contribution in [0.15, 0.2) is 48.7 Å². The Bertz CT molecular complexity index is 513. The molecule has 1 aromatic carbocycles. The van der Waals surface area contributed by atoms with E-state index in [-0.39, 0.29) is 6.04 Å². The van der Waals surface area contributed by atoms with Crippen LogP contribution < -0.4 is 10.5 Å². The lowest BCUT2D eigenvalue weighted by Crippen LogP contribution is -2.30. The summed E-state index contributed by atoms with van der Waals surface area (Å²) in [6.07, 6.45) is 1.83. The highest BCUT2D eigenvalue weighted by Gasteiger charge is 2.16. The number of methoxy groups -OCH3 is 1. The molecular formula is C16H21N3O. The van der Waals surface area contributed by atoms with Gasteiger partial charge in [0.15, 0.2) is 0 Å².